The van der Waals surface area contributed by atoms with Gasteiger partial charge >= 0.3 is 5.97 Å². The average molecular weight is 456 g/mol. The van der Waals surface area contributed by atoms with Crippen LogP contribution in [0.15, 0.2) is 58.3 Å². The molecule has 1 atom stereocenters. The van der Waals surface area contributed by atoms with E-state index in [0.717, 1.165) is 15.5 Å². The summed E-state index contributed by atoms with van der Waals surface area (Å²) in [7, 11) is 0. The van der Waals surface area contributed by atoms with Gasteiger partial charge < -0.3 is 15.0 Å². The molecule has 3 rings (SSSR count). The van der Waals surface area contributed by atoms with Crippen molar-refractivity contribution < 1.29 is 19.1 Å². The number of hydrogen-bond donors (Lipinski definition) is 1. The van der Waals surface area contributed by atoms with Crippen LogP contribution in [0.25, 0.3) is 0 Å². The fourth-order valence-corrected chi connectivity index (χ4v) is 4.20. The van der Waals surface area contributed by atoms with Gasteiger partial charge in [0.15, 0.2) is 6.61 Å². The Labute approximate surface area is 189 Å². The maximum Gasteiger partial charge on any atom is 0.311 e. The summed E-state index contributed by atoms with van der Waals surface area (Å²) in [5.41, 5.74) is 1.29. The van der Waals surface area contributed by atoms with Crippen molar-refractivity contribution in [3.8, 4) is 6.07 Å². The molecule has 0 aromatic heterocycles. The summed E-state index contributed by atoms with van der Waals surface area (Å²) in [5, 5.41) is 11.4. The third kappa shape index (κ3) is 6.03. The molecule has 2 aromatic rings. The molecule has 1 saturated heterocycles. The van der Waals surface area contributed by atoms with Crippen LogP contribution in [0.1, 0.15) is 6.42 Å². The number of nitriles is 1. The lowest BCUT2D eigenvalue weighted by molar-refractivity contribution is -0.151. The van der Waals surface area contributed by atoms with Gasteiger partial charge in [0.2, 0.25) is 5.91 Å². The van der Waals surface area contributed by atoms with Gasteiger partial charge in [0, 0.05) is 28.4 Å². The largest absolute Gasteiger partial charge is 0.455 e. The standard InChI is InChI=1S/C22H21N3O4S2/c1-30-17-8-6-16(7-9-17)25-13-15(12-21(25)27)22(28)29-14-20(26)24-18-4-2-3-5-19(18)31-11-10-23/h2-9,15H,11-14H2,1H3,(H,24,26). The molecule has 9 heteroatoms. The van der Waals surface area contributed by atoms with Gasteiger partial charge in [-0.1, -0.05) is 12.1 Å². The van der Waals surface area contributed by atoms with Crippen LogP contribution < -0.4 is 10.2 Å². The van der Waals surface area contributed by atoms with Gasteiger partial charge in [-0.15, -0.1) is 23.5 Å². The van der Waals surface area contributed by atoms with Crippen molar-refractivity contribution in [2.24, 2.45) is 5.92 Å². The Morgan fingerprint density at radius 1 is 1.23 bits per heavy atom. The van der Waals surface area contributed by atoms with Crippen molar-refractivity contribution in [2.75, 3.05) is 35.4 Å². The Morgan fingerprint density at radius 3 is 2.68 bits per heavy atom. The summed E-state index contributed by atoms with van der Waals surface area (Å²) >= 11 is 2.92. The quantitative estimate of drug-likeness (QED) is 0.480. The number of para-hydroxylation sites is 1. The topological polar surface area (TPSA) is 99.5 Å². The van der Waals surface area contributed by atoms with Crippen molar-refractivity contribution in [3.63, 3.8) is 0 Å². The zero-order valence-electron chi connectivity index (χ0n) is 16.9. The Balaban J connectivity index is 1.52. The van der Waals surface area contributed by atoms with E-state index in [-0.39, 0.29) is 24.6 Å². The molecule has 1 heterocycles. The average Bonchev–Trinajstić information content (AvgIpc) is 3.18. The first-order chi connectivity index (χ1) is 15.0. The van der Waals surface area contributed by atoms with Crippen LogP contribution in [0.3, 0.4) is 0 Å². The highest BCUT2D eigenvalue weighted by Crippen LogP contribution is 2.28. The minimum atomic E-state index is -0.612. The predicted molar refractivity (Wildman–Crippen MR) is 121 cm³/mol. The third-order valence-electron chi connectivity index (χ3n) is 4.64. The maximum atomic E-state index is 12.4. The summed E-state index contributed by atoms with van der Waals surface area (Å²) in [6, 6.07) is 16.7. The van der Waals surface area contributed by atoms with E-state index in [4.69, 9.17) is 10.00 Å². The van der Waals surface area contributed by atoms with E-state index in [1.165, 1.54) is 11.8 Å². The van der Waals surface area contributed by atoms with E-state index in [9.17, 15) is 14.4 Å². The van der Waals surface area contributed by atoms with Crippen molar-refractivity contribution in [1.82, 2.24) is 0 Å². The molecule has 7 nitrogen and oxygen atoms in total. The van der Waals surface area contributed by atoms with Gasteiger partial charge in [-0.2, -0.15) is 5.26 Å². The fourth-order valence-electron chi connectivity index (χ4n) is 3.12. The predicted octanol–water partition coefficient (Wildman–Crippen LogP) is 3.56. The molecule has 1 fully saturated rings. The van der Waals surface area contributed by atoms with Gasteiger partial charge in [-0.3, -0.25) is 14.4 Å². The van der Waals surface area contributed by atoms with Crippen LogP contribution in [0.4, 0.5) is 11.4 Å². The highest BCUT2D eigenvalue weighted by atomic mass is 32.2. The summed E-state index contributed by atoms with van der Waals surface area (Å²) in [5.74, 6) is -1.55. The van der Waals surface area contributed by atoms with Gasteiger partial charge in [0.1, 0.15) is 0 Å². The zero-order valence-corrected chi connectivity index (χ0v) is 18.5. The fraction of sp³-hybridized carbons (Fsp3) is 0.273. The number of ether oxygens (including phenoxy) is 1. The highest BCUT2D eigenvalue weighted by molar-refractivity contribution is 7.99. The van der Waals surface area contributed by atoms with E-state index in [1.807, 2.05) is 42.7 Å². The zero-order chi connectivity index (χ0) is 22.2. The number of esters is 1. The second kappa shape index (κ2) is 10.9. The lowest BCUT2D eigenvalue weighted by Crippen LogP contribution is -2.28. The number of anilines is 2. The Bertz CT molecular complexity index is 1000. The maximum absolute atomic E-state index is 12.4. The molecule has 1 aliphatic rings. The Morgan fingerprint density at radius 2 is 1.97 bits per heavy atom. The number of nitrogens with zero attached hydrogens (tertiary/aromatic N) is 2. The molecule has 0 saturated carbocycles. The molecule has 2 aromatic carbocycles. The normalized spacial score (nSPS) is 15.4. The number of hydrogen-bond acceptors (Lipinski definition) is 7. The molecule has 0 aliphatic carbocycles. The number of thioether (sulfide) groups is 2. The summed E-state index contributed by atoms with van der Waals surface area (Å²) in [6.45, 7) is -0.214. The Kier molecular flexibility index (Phi) is 7.98. The number of rotatable bonds is 8. The lowest BCUT2D eigenvalue weighted by atomic mass is 10.1. The molecule has 1 N–H and O–H groups in total. The second-order valence-corrected chi connectivity index (χ2v) is 8.60. The van der Waals surface area contributed by atoms with Crippen molar-refractivity contribution >= 4 is 52.7 Å². The smallest absolute Gasteiger partial charge is 0.311 e. The van der Waals surface area contributed by atoms with Crippen LogP contribution >= 0.6 is 23.5 Å². The van der Waals surface area contributed by atoms with E-state index >= 15 is 0 Å². The Hall–Kier alpha value is -2.96. The number of benzene rings is 2. The van der Waals surface area contributed by atoms with Crippen LogP contribution in [0.2, 0.25) is 0 Å². The number of nitrogens with one attached hydrogen (secondary N) is 1. The monoisotopic (exact) mass is 455 g/mol. The van der Waals surface area contributed by atoms with Crippen molar-refractivity contribution in [1.29, 1.82) is 5.26 Å². The second-order valence-electron chi connectivity index (χ2n) is 6.70. The van der Waals surface area contributed by atoms with Gasteiger partial charge in [-0.05, 0) is 42.7 Å². The van der Waals surface area contributed by atoms with Gasteiger partial charge in [0.05, 0.1) is 23.4 Å². The van der Waals surface area contributed by atoms with Crippen LogP contribution in [-0.2, 0) is 19.1 Å². The molecule has 0 spiro atoms. The van der Waals surface area contributed by atoms with E-state index in [2.05, 4.69) is 5.32 Å². The molecule has 1 aliphatic heterocycles. The lowest BCUT2D eigenvalue weighted by Gasteiger charge is -2.17. The first-order valence-electron chi connectivity index (χ1n) is 9.51. The SMILES string of the molecule is CSc1ccc(N2CC(C(=O)OCC(=O)Nc3ccccc3SCC#N)CC2=O)cc1. The van der Waals surface area contributed by atoms with Gasteiger partial charge in [0.25, 0.3) is 5.91 Å². The summed E-state index contributed by atoms with van der Waals surface area (Å²) in [4.78, 5) is 40.4. The van der Waals surface area contributed by atoms with E-state index in [0.29, 0.717) is 5.69 Å². The van der Waals surface area contributed by atoms with E-state index in [1.54, 1.807) is 34.9 Å². The molecular formula is C22H21N3O4S2. The first-order valence-corrected chi connectivity index (χ1v) is 11.7. The van der Waals surface area contributed by atoms with Crippen LogP contribution in [0.5, 0.6) is 0 Å². The molecule has 0 bridgehead atoms. The summed E-state index contributed by atoms with van der Waals surface area (Å²) < 4.78 is 5.16. The molecule has 160 valence electrons. The van der Waals surface area contributed by atoms with Gasteiger partial charge in [-0.25, -0.2) is 0 Å². The third-order valence-corrected chi connectivity index (χ3v) is 6.33. The van der Waals surface area contributed by atoms with Crippen molar-refractivity contribution in [2.45, 2.75) is 16.2 Å². The van der Waals surface area contributed by atoms with Crippen molar-refractivity contribution in [3.05, 3.63) is 48.5 Å². The highest BCUT2D eigenvalue weighted by Gasteiger charge is 2.36. The number of carbonyl (C=O) groups excluding carboxylic acids is 3. The minimum Gasteiger partial charge on any atom is -0.455 e. The number of carbonyl (C=O) groups is 3. The molecular weight excluding hydrogens is 434 g/mol. The molecule has 0 radical (unpaired) electrons. The van der Waals surface area contributed by atoms with E-state index < -0.39 is 24.4 Å². The molecule has 1 unspecified atom stereocenters. The molecule has 31 heavy (non-hydrogen) atoms. The first kappa shape index (κ1) is 22.7. The summed E-state index contributed by atoms with van der Waals surface area (Å²) in [6.07, 6.45) is 2.03. The van der Waals surface area contributed by atoms with Crippen LogP contribution in [0, 0.1) is 17.2 Å². The van der Waals surface area contributed by atoms with Crippen LogP contribution in [-0.4, -0.2) is 42.9 Å². The number of amides is 2. The minimum absolute atomic E-state index is 0.0539. The molecule has 2 amide bonds.